The van der Waals surface area contributed by atoms with E-state index in [2.05, 4.69) is 45.1 Å². The summed E-state index contributed by atoms with van der Waals surface area (Å²) in [6.45, 7) is 6.39. The maximum absolute atomic E-state index is 12.7. The molecule has 60 heavy (non-hydrogen) atoms. The number of allylic oxidation sites excluding steroid dienone is 16. The molecule has 1 unspecified atom stereocenters. The first kappa shape index (κ1) is 56.3. The van der Waals surface area contributed by atoms with Crippen molar-refractivity contribution in [1.82, 2.24) is 0 Å². The third-order valence-corrected chi connectivity index (χ3v) is 10.0. The Hall–Kier alpha value is -3.67. The molecule has 0 aliphatic carbocycles. The van der Waals surface area contributed by atoms with Gasteiger partial charge in [0.1, 0.15) is 13.2 Å². The van der Waals surface area contributed by atoms with Crippen LogP contribution in [-0.4, -0.2) is 37.2 Å². The standard InChI is InChI=1S/C54H88O6/c1-4-7-10-13-16-19-22-24-25-26-27-28-29-30-33-35-38-41-44-47-53(56)59-50-51(49-58-52(55)46-43-40-37-34-31-21-18-15-12-9-6-3)60-54(57)48-45-42-39-36-32-23-20-17-14-11-8-5-2/h7,10,13,16-17,19-20,22,24-30,33,51H,4-6,8-9,11-12,14-15,18,21,23,31-32,34-50H2,1-3H3/b10-7-,16-13-,20-17-,22-19-,25-24-,27-26+,29-28-,33-30-. The molecule has 0 aliphatic heterocycles. The van der Waals surface area contributed by atoms with Crippen LogP contribution in [0.5, 0.6) is 0 Å². The van der Waals surface area contributed by atoms with E-state index in [9.17, 15) is 14.4 Å². The van der Waals surface area contributed by atoms with Gasteiger partial charge >= 0.3 is 17.9 Å². The zero-order valence-corrected chi connectivity index (χ0v) is 38.7. The van der Waals surface area contributed by atoms with E-state index >= 15 is 0 Å². The Morgan fingerprint density at radius 1 is 0.350 bits per heavy atom. The maximum atomic E-state index is 12.7. The second-order valence-corrected chi connectivity index (χ2v) is 15.8. The summed E-state index contributed by atoms with van der Waals surface area (Å²) in [5.74, 6) is -0.958. The molecule has 0 rings (SSSR count). The molecule has 6 heteroatoms. The Bertz CT molecular complexity index is 1230. The van der Waals surface area contributed by atoms with E-state index in [-0.39, 0.29) is 31.1 Å². The summed E-state index contributed by atoms with van der Waals surface area (Å²) in [5.41, 5.74) is 0. The summed E-state index contributed by atoms with van der Waals surface area (Å²) >= 11 is 0. The van der Waals surface area contributed by atoms with Crippen molar-refractivity contribution in [2.75, 3.05) is 13.2 Å². The second kappa shape index (κ2) is 48.0. The van der Waals surface area contributed by atoms with Crippen LogP contribution in [0.15, 0.2) is 97.2 Å². The van der Waals surface area contributed by atoms with Gasteiger partial charge in [-0.1, -0.05) is 221 Å². The smallest absolute Gasteiger partial charge is 0.306 e. The zero-order chi connectivity index (χ0) is 43.7. The molecule has 340 valence electrons. The number of hydrogen-bond donors (Lipinski definition) is 0. The van der Waals surface area contributed by atoms with Crippen LogP contribution in [0.4, 0.5) is 0 Å². The van der Waals surface area contributed by atoms with Gasteiger partial charge in [0.15, 0.2) is 6.10 Å². The van der Waals surface area contributed by atoms with Crippen molar-refractivity contribution in [3.8, 4) is 0 Å². The van der Waals surface area contributed by atoms with Crippen LogP contribution in [0.25, 0.3) is 0 Å². The predicted octanol–water partition coefficient (Wildman–Crippen LogP) is 15.8. The van der Waals surface area contributed by atoms with E-state index in [1.807, 2.05) is 72.9 Å². The third kappa shape index (κ3) is 45.4. The Morgan fingerprint density at radius 3 is 1.12 bits per heavy atom. The summed E-state index contributed by atoms with van der Waals surface area (Å²) < 4.78 is 16.7. The molecule has 0 N–H and O–H groups in total. The minimum Gasteiger partial charge on any atom is -0.462 e. The van der Waals surface area contributed by atoms with E-state index in [1.54, 1.807) is 0 Å². The number of carbonyl (C=O) groups is 3. The lowest BCUT2D eigenvalue weighted by Gasteiger charge is -2.18. The minimum absolute atomic E-state index is 0.0955. The average Bonchev–Trinajstić information content (AvgIpc) is 3.24. The van der Waals surface area contributed by atoms with Gasteiger partial charge < -0.3 is 14.2 Å². The third-order valence-electron chi connectivity index (χ3n) is 10.0. The Kier molecular flexibility index (Phi) is 45.1. The highest BCUT2D eigenvalue weighted by Crippen LogP contribution is 2.14. The molecule has 0 aromatic heterocycles. The van der Waals surface area contributed by atoms with E-state index in [0.717, 1.165) is 83.5 Å². The number of carbonyl (C=O) groups excluding carboxylic acids is 3. The molecule has 0 saturated heterocycles. The van der Waals surface area contributed by atoms with Gasteiger partial charge in [0.2, 0.25) is 0 Å². The van der Waals surface area contributed by atoms with Gasteiger partial charge in [0.25, 0.3) is 0 Å². The monoisotopic (exact) mass is 833 g/mol. The lowest BCUT2D eigenvalue weighted by Crippen LogP contribution is -2.30. The normalized spacial score (nSPS) is 12.9. The summed E-state index contributed by atoms with van der Waals surface area (Å²) in [6.07, 6.45) is 62.4. The zero-order valence-electron chi connectivity index (χ0n) is 38.7. The molecule has 0 heterocycles. The lowest BCUT2D eigenvalue weighted by molar-refractivity contribution is -0.167. The average molecular weight is 833 g/mol. The fourth-order valence-electron chi connectivity index (χ4n) is 6.36. The number of esters is 3. The Balaban J connectivity index is 4.49. The van der Waals surface area contributed by atoms with Crippen molar-refractivity contribution in [1.29, 1.82) is 0 Å². The number of unbranched alkanes of at least 4 members (excludes halogenated alkanes) is 21. The van der Waals surface area contributed by atoms with Crippen molar-refractivity contribution in [2.45, 2.75) is 213 Å². The molecular formula is C54H88O6. The minimum atomic E-state index is -0.798. The molecule has 0 bridgehead atoms. The molecular weight excluding hydrogens is 745 g/mol. The van der Waals surface area contributed by atoms with Gasteiger partial charge in [0.05, 0.1) is 0 Å². The molecule has 0 aliphatic rings. The first-order chi connectivity index (χ1) is 29.5. The predicted molar refractivity (Wildman–Crippen MR) is 256 cm³/mol. The molecule has 0 amide bonds. The number of ether oxygens (including phenoxy) is 3. The summed E-state index contributed by atoms with van der Waals surface area (Å²) in [5, 5.41) is 0. The quantitative estimate of drug-likeness (QED) is 0.0200. The van der Waals surface area contributed by atoms with Crippen LogP contribution >= 0.6 is 0 Å². The highest BCUT2D eigenvalue weighted by atomic mass is 16.6. The highest BCUT2D eigenvalue weighted by Gasteiger charge is 2.19. The van der Waals surface area contributed by atoms with E-state index in [4.69, 9.17) is 14.2 Å². The summed E-state index contributed by atoms with van der Waals surface area (Å²) in [4.78, 5) is 37.8. The van der Waals surface area contributed by atoms with Gasteiger partial charge in [-0.15, -0.1) is 0 Å². The van der Waals surface area contributed by atoms with Gasteiger partial charge in [0, 0.05) is 19.3 Å². The lowest BCUT2D eigenvalue weighted by atomic mass is 10.1. The highest BCUT2D eigenvalue weighted by molar-refractivity contribution is 5.71. The first-order valence-corrected chi connectivity index (χ1v) is 24.3. The van der Waals surface area contributed by atoms with Crippen molar-refractivity contribution >= 4 is 17.9 Å². The molecule has 0 fully saturated rings. The number of rotatable bonds is 42. The Labute approximate surface area is 368 Å². The molecule has 6 nitrogen and oxygen atoms in total. The van der Waals surface area contributed by atoms with Crippen LogP contribution in [0.2, 0.25) is 0 Å². The van der Waals surface area contributed by atoms with E-state index in [0.29, 0.717) is 19.3 Å². The van der Waals surface area contributed by atoms with Crippen LogP contribution < -0.4 is 0 Å². The Morgan fingerprint density at radius 2 is 0.667 bits per heavy atom. The van der Waals surface area contributed by atoms with Gasteiger partial charge in [-0.25, -0.2) is 0 Å². The molecule has 0 aromatic rings. The second-order valence-electron chi connectivity index (χ2n) is 15.8. The van der Waals surface area contributed by atoms with Gasteiger partial charge in [-0.05, 0) is 64.2 Å². The van der Waals surface area contributed by atoms with E-state index < -0.39 is 6.10 Å². The van der Waals surface area contributed by atoms with Crippen LogP contribution in [0, 0.1) is 0 Å². The van der Waals surface area contributed by atoms with Crippen molar-refractivity contribution in [2.24, 2.45) is 0 Å². The molecule has 0 spiro atoms. The van der Waals surface area contributed by atoms with Crippen molar-refractivity contribution < 1.29 is 28.6 Å². The van der Waals surface area contributed by atoms with Crippen molar-refractivity contribution in [3.63, 3.8) is 0 Å². The van der Waals surface area contributed by atoms with Crippen molar-refractivity contribution in [3.05, 3.63) is 97.2 Å². The fraction of sp³-hybridized carbons (Fsp3) is 0.648. The number of hydrogen-bond acceptors (Lipinski definition) is 6. The van der Waals surface area contributed by atoms with Crippen LogP contribution in [0.1, 0.15) is 207 Å². The fourth-order valence-corrected chi connectivity index (χ4v) is 6.36. The molecule has 0 aromatic carbocycles. The van der Waals surface area contributed by atoms with E-state index in [1.165, 1.54) is 83.5 Å². The molecule has 0 radical (unpaired) electrons. The summed E-state index contributed by atoms with van der Waals surface area (Å²) in [6, 6.07) is 0. The molecule has 0 saturated carbocycles. The summed E-state index contributed by atoms with van der Waals surface area (Å²) in [7, 11) is 0. The van der Waals surface area contributed by atoms with Gasteiger partial charge in [-0.2, -0.15) is 0 Å². The van der Waals surface area contributed by atoms with Crippen LogP contribution in [-0.2, 0) is 28.6 Å². The SMILES string of the molecule is CC\C=C/C=C\C=C/C=C\C=C\C=C/C=C\CCCCCC(=O)OCC(COC(=O)CCCCCCCCCCCCC)OC(=O)CCCCCCC/C=C\CCCCC. The first-order valence-electron chi connectivity index (χ1n) is 24.3. The topological polar surface area (TPSA) is 78.9 Å². The van der Waals surface area contributed by atoms with Crippen LogP contribution in [0.3, 0.4) is 0 Å². The maximum Gasteiger partial charge on any atom is 0.306 e. The molecule has 1 atom stereocenters. The van der Waals surface area contributed by atoms with Gasteiger partial charge in [-0.3, -0.25) is 14.4 Å². The largest absolute Gasteiger partial charge is 0.462 e.